The summed E-state index contributed by atoms with van der Waals surface area (Å²) in [6.07, 6.45) is 0. The summed E-state index contributed by atoms with van der Waals surface area (Å²) in [6.45, 7) is 10.7. The Balaban J connectivity index is 1.27. The molecular weight excluding hydrogens is 356 g/mol. The lowest BCUT2D eigenvalue weighted by atomic mass is 10.1. The summed E-state index contributed by atoms with van der Waals surface area (Å²) in [5.74, 6) is 0.937. The second kappa shape index (κ2) is 9.15. The molecule has 4 rings (SSSR count). The van der Waals surface area contributed by atoms with Gasteiger partial charge in [0, 0.05) is 11.3 Å². The molecule has 1 aliphatic rings. The number of ether oxygens (including phenoxy) is 1. The van der Waals surface area contributed by atoms with Crippen LogP contribution in [-0.2, 0) is 13.2 Å². The number of quaternary nitrogens is 1. The van der Waals surface area contributed by atoms with Crippen LogP contribution in [0.3, 0.4) is 0 Å². The summed E-state index contributed by atoms with van der Waals surface area (Å²) in [6, 6.07) is 25.6. The van der Waals surface area contributed by atoms with Gasteiger partial charge in [-0.25, -0.2) is 0 Å². The van der Waals surface area contributed by atoms with Crippen molar-refractivity contribution in [2.75, 3.05) is 31.1 Å². The van der Waals surface area contributed by atoms with E-state index in [1.54, 1.807) is 4.90 Å². The summed E-state index contributed by atoms with van der Waals surface area (Å²) in [4.78, 5) is 4.20. The SMILES string of the molecule is Cc1cccc(N2CC[NH+](Cc3ccc(OCc4ccccc4)cc3)CC2)c1C. The van der Waals surface area contributed by atoms with Crippen LogP contribution in [0.15, 0.2) is 72.8 Å². The van der Waals surface area contributed by atoms with E-state index in [2.05, 4.69) is 73.3 Å². The number of hydrogen-bond acceptors (Lipinski definition) is 2. The molecule has 1 saturated heterocycles. The zero-order chi connectivity index (χ0) is 20.1. The largest absolute Gasteiger partial charge is 0.489 e. The molecule has 3 heteroatoms. The summed E-state index contributed by atoms with van der Waals surface area (Å²) < 4.78 is 5.91. The van der Waals surface area contributed by atoms with Gasteiger partial charge in [-0.2, -0.15) is 0 Å². The average Bonchev–Trinajstić information content (AvgIpc) is 2.77. The van der Waals surface area contributed by atoms with E-state index < -0.39 is 0 Å². The molecule has 3 aromatic rings. The molecule has 0 radical (unpaired) electrons. The smallest absolute Gasteiger partial charge is 0.119 e. The minimum atomic E-state index is 0.617. The molecule has 29 heavy (non-hydrogen) atoms. The minimum Gasteiger partial charge on any atom is -0.489 e. The first-order chi connectivity index (χ1) is 14.2. The molecule has 3 aromatic carbocycles. The summed E-state index contributed by atoms with van der Waals surface area (Å²) in [7, 11) is 0. The Bertz CT molecular complexity index is 913. The van der Waals surface area contributed by atoms with E-state index >= 15 is 0 Å². The molecule has 3 nitrogen and oxygen atoms in total. The van der Waals surface area contributed by atoms with Crippen LogP contribution < -0.4 is 14.5 Å². The van der Waals surface area contributed by atoms with Crippen molar-refractivity contribution in [1.29, 1.82) is 0 Å². The third kappa shape index (κ3) is 4.99. The van der Waals surface area contributed by atoms with Crippen molar-refractivity contribution in [3.8, 4) is 5.75 Å². The molecule has 0 saturated carbocycles. The highest BCUT2D eigenvalue weighted by atomic mass is 16.5. The first kappa shape index (κ1) is 19.5. The monoisotopic (exact) mass is 387 g/mol. The van der Waals surface area contributed by atoms with Crippen LogP contribution in [0.4, 0.5) is 5.69 Å². The molecule has 1 heterocycles. The normalized spacial score (nSPS) is 14.8. The van der Waals surface area contributed by atoms with Crippen molar-refractivity contribution < 1.29 is 9.64 Å². The number of rotatable bonds is 6. The van der Waals surface area contributed by atoms with Gasteiger partial charge in [-0.05, 0) is 60.9 Å². The van der Waals surface area contributed by atoms with Gasteiger partial charge in [0.1, 0.15) is 18.9 Å². The second-order valence-corrected chi connectivity index (χ2v) is 8.05. The highest BCUT2D eigenvalue weighted by molar-refractivity contribution is 5.56. The van der Waals surface area contributed by atoms with E-state index in [0.29, 0.717) is 6.61 Å². The van der Waals surface area contributed by atoms with E-state index in [0.717, 1.165) is 25.4 Å². The quantitative estimate of drug-likeness (QED) is 0.693. The third-order valence-electron chi connectivity index (χ3n) is 6.01. The van der Waals surface area contributed by atoms with Crippen molar-refractivity contribution in [3.63, 3.8) is 0 Å². The second-order valence-electron chi connectivity index (χ2n) is 8.05. The topological polar surface area (TPSA) is 16.9 Å². The molecule has 0 unspecified atom stereocenters. The fourth-order valence-electron chi connectivity index (χ4n) is 4.05. The van der Waals surface area contributed by atoms with Crippen molar-refractivity contribution in [2.45, 2.75) is 27.0 Å². The third-order valence-corrected chi connectivity index (χ3v) is 6.01. The van der Waals surface area contributed by atoms with E-state index in [-0.39, 0.29) is 0 Å². The van der Waals surface area contributed by atoms with Crippen LogP contribution in [0, 0.1) is 13.8 Å². The first-order valence-electron chi connectivity index (χ1n) is 10.6. The maximum atomic E-state index is 5.91. The fourth-order valence-corrected chi connectivity index (χ4v) is 4.05. The van der Waals surface area contributed by atoms with Gasteiger partial charge >= 0.3 is 0 Å². The average molecular weight is 388 g/mol. The van der Waals surface area contributed by atoms with Crippen LogP contribution in [0.2, 0.25) is 0 Å². The molecule has 0 aromatic heterocycles. The Hall–Kier alpha value is -2.78. The van der Waals surface area contributed by atoms with Gasteiger partial charge in [0.15, 0.2) is 0 Å². The van der Waals surface area contributed by atoms with Crippen molar-refractivity contribution in [3.05, 3.63) is 95.1 Å². The van der Waals surface area contributed by atoms with Crippen LogP contribution in [0.1, 0.15) is 22.3 Å². The van der Waals surface area contributed by atoms with Crippen molar-refractivity contribution in [1.82, 2.24) is 0 Å². The predicted molar refractivity (Wildman–Crippen MR) is 120 cm³/mol. The van der Waals surface area contributed by atoms with Gasteiger partial charge in [0.2, 0.25) is 0 Å². The summed E-state index contributed by atoms with van der Waals surface area (Å²) >= 11 is 0. The van der Waals surface area contributed by atoms with Gasteiger partial charge in [0.05, 0.1) is 26.2 Å². The number of aryl methyl sites for hydroxylation is 1. The van der Waals surface area contributed by atoms with Gasteiger partial charge in [0.25, 0.3) is 0 Å². The highest BCUT2D eigenvalue weighted by Gasteiger charge is 2.21. The molecular formula is C26H31N2O+. The molecule has 0 atom stereocenters. The molecule has 1 N–H and O–H groups in total. The maximum absolute atomic E-state index is 5.91. The van der Waals surface area contributed by atoms with E-state index in [1.165, 1.54) is 41.0 Å². The first-order valence-corrected chi connectivity index (χ1v) is 10.6. The van der Waals surface area contributed by atoms with E-state index in [9.17, 15) is 0 Å². The number of benzene rings is 3. The lowest BCUT2D eigenvalue weighted by Gasteiger charge is -2.34. The molecule has 0 amide bonds. The number of piperazine rings is 1. The molecule has 1 fully saturated rings. The van der Waals surface area contributed by atoms with Gasteiger partial charge < -0.3 is 14.5 Å². The Kier molecular flexibility index (Phi) is 6.16. The highest BCUT2D eigenvalue weighted by Crippen LogP contribution is 2.22. The Morgan fingerprint density at radius 3 is 2.24 bits per heavy atom. The van der Waals surface area contributed by atoms with Gasteiger partial charge in [-0.15, -0.1) is 0 Å². The fraction of sp³-hybridized carbons (Fsp3) is 0.308. The zero-order valence-electron chi connectivity index (χ0n) is 17.5. The van der Waals surface area contributed by atoms with Crippen LogP contribution in [-0.4, -0.2) is 26.2 Å². The number of anilines is 1. The van der Waals surface area contributed by atoms with Crippen LogP contribution in [0.25, 0.3) is 0 Å². The predicted octanol–water partition coefficient (Wildman–Crippen LogP) is 3.79. The van der Waals surface area contributed by atoms with Crippen molar-refractivity contribution >= 4 is 5.69 Å². The Morgan fingerprint density at radius 1 is 0.793 bits per heavy atom. The number of nitrogens with one attached hydrogen (secondary N) is 1. The van der Waals surface area contributed by atoms with Crippen LogP contribution in [0.5, 0.6) is 5.75 Å². The lowest BCUT2D eigenvalue weighted by molar-refractivity contribution is -0.914. The number of hydrogen-bond donors (Lipinski definition) is 1. The molecule has 150 valence electrons. The Morgan fingerprint density at radius 2 is 1.52 bits per heavy atom. The van der Waals surface area contributed by atoms with Gasteiger partial charge in [-0.1, -0.05) is 42.5 Å². The molecule has 0 bridgehead atoms. The van der Waals surface area contributed by atoms with Crippen LogP contribution >= 0.6 is 0 Å². The standard InChI is InChI=1S/C26H30N2O/c1-21-7-6-10-26(22(21)2)28-17-15-27(16-18-28)19-23-11-13-25(14-12-23)29-20-24-8-4-3-5-9-24/h3-14H,15-20H2,1-2H3/p+1. The summed E-state index contributed by atoms with van der Waals surface area (Å²) in [5.41, 5.74) is 6.79. The Labute approximate surface area is 174 Å². The van der Waals surface area contributed by atoms with Crippen molar-refractivity contribution in [2.24, 2.45) is 0 Å². The molecule has 0 spiro atoms. The maximum Gasteiger partial charge on any atom is 0.119 e. The van der Waals surface area contributed by atoms with Gasteiger partial charge in [-0.3, -0.25) is 0 Å². The minimum absolute atomic E-state index is 0.617. The van der Waals surface area contributed by atoms with E-state index in [1.807, 2.05) is 18.2 Å². The molecule has 1 aliphatic heterocycles. The summed E-state index contributed by atoms with van der Waals surface area (Å²) in [5, 5.41) is 0. The number of nitrogens with zero attached hydrogens (tertiary/aromatic N) is 1. The lowest BCUT2D eigenvalue weighted by Crippen LogP contribution is -3.13. The van der Waals surface area contributed by atoms with E-state index in [4.69, 9.17) is 4.74 Å². The molecule has 0 aliphatic carbocycles. The zero-order valence-corrected chi connectivity index (χ0v) is 17.5.